The monoisotopic (exact) mass is 336 g/mol. The Balaban J connectivity index is 1.66. The fraction of sp³-hybridized carbons (Fsp3) is 0.200. The molecule has 1 amide bonds. The van der Waals surface area contributed by atoms with Gasteiger partial charge in [0.25, 0.3) is 5.91 Å². The smallest absolute Gasteiger partial charge is 0.253 e. The van der Waals surface area contributed by atoms with Crippen LogP contribution in [0.25, 0.3) is 10.9 Å². The summed E-state index contributed by atoms with van der Waals surface area (Å²) in [6.45, 7) is 1.72. The molecular formula is C20H17FN2O2. The molecule has 2 N–H and O–H groups in total. The molecule has 0 saturated heterocycles. The second-order valence-corrected chi connectivity index (χ2v) is 6.38. The number of rotatable bonds is 2. The van der Waals surface area contributed by atoms with Gasteiger partial charge >= 0.3 is 0 Å². The molecule has 0 fully saturated rings. The minimum atomic E-state index is -0.649. The van der Waals surface area contributed by atoms with Gasteiger partial charge in [0.15, 0.2) is 0 Å². The van der Waals surface area contributed by atoms with Crippen LogP contribution in [0.3, 0.4) is 0 Å². The molecule has 1 aromatic heterocycles. The van der Waals surface area contributed by atoms with Gasteiger partial charge in [-0.3, -0.25) is 9.78 Å². The number of nitrogens with zero attached hydrogens (tertiary/aromatic N) is 1. The first-order chi connectivity index (χ1) is 12.0. The molecule has 5 heteroatoms. The van der Waals surface area contributed by atoms with Gasteiger partial charge in [0.1, 0.15) is 5.82 Å². The van der Waals surface area contributed by atoms with Gasteiger partial charge in [0, 0.05) is 17.9 Å². The lowest BCUT2D eigenvalue weighted by Crippen LogP contribution is -2.34. The highest BCUT2D eigenvalue weighted by Crippen LogP contribution is 2.31. The van der Waals surface area contributed by atoms with Crippen molar-refractivity contribution in [1.82, 2.24) is 10.3 Å². The zero-order valence-electron chi connectivity index (χ0n) is 13.7. The Kier molecular flexibility index (Phi) is 3.73. The Morgan fingerprint density at radius 1 is 1.24 bits per heavy atom. The Labute approximate surface area is 144 Å². The average molecular weight is 336 g/mol. The quantitative estimate of drug-likeness (QED) is 0.756. The lowest BCUT2D eigenvalue weighted by atomic mass is 10.1. The molecule has 2 atom stereocenters. The number of carbonyl (C=O) groups is 1. The van der Waals surface area contributed by atoms with Crippen LogP contribution in [0.1, 0.15) is 33.2 Å². The molecule has 0 aliphatic heterocycles. The average Bonchev–Trinajstić information content (AvgIpc) is 2.90. The van der Waals surface area contributed by atoms with Gasteiger partial charge in [-0.15, -0.1) is 0 Å². The summed E-state index contributed by atoms with van der Waals surface area (Å²) in [6.07, 6.45) is -0.126. The van der Waals surface area contributed by atoms with E-state index < -0.39 is 12.1 Å². The standard InChI is InChI=1S/C20H17FN2O2/c1-11-16(8-13-6-7-14(21)10-17(13)22-11)20(25)23-19-15-5-3-2-4-12(15)9-18(19)24/h2-8,10,18-19,24H,9H2,1H3,(H,23,25)/t18-,19+/m1/s1. The minimum absolute atomic E-state index is 0.294. The van der Waals surface area contributed by atoms with Gasteiger partial charge in [-0.2, -0.15) is 0 Å². The van der Waals surface area contributed by atoms with Crippen molar-refractivity contribution in [2.45, 2.75) is 25.5 Å². The van der Waals surface area contributed by atoms with Crippen molar-refractivity contribution in [3.05, 3.63) is 76.7 Å². The number of pyridine rings is 1. The van der Waals surface area contributed by atoms with Crippen LogP contribution in [-0.2, 0) is 6.42 Å². The van der Waals surface area contributed by atoms with Crippen molar-refractivity contribution in [2.75, 3.05) is 0 Å². The van der Waals surface area contributed by atoms with Gasteiger partial charge in [0.05, 0.1) is 28.9 Å². The van der Waals surface area contributed by atoms with Crippen LogP contribution in [0, 0.1) is 12.7 Å². The molecule has 0 bridgehead atoms. The van der Waals surface area contributed by atoms with Crippen molar-refractivity contribution in [3.8, 4) is 0 Å². The van der Waals surface area contributed by atoms with Crippen molar-refractivity contribution >= 4 is 16.8 Å². The molecule has 0 radical (unpaired) electrons. The van der Waals surface area contributed by atoms with Crippen molar-refractivity contribution < 1.29 is 14.3 Å². The Morgan fingerprint density at radius 3 is 2.88 bits per heavy atom. The third-order valence-corrected chi connectivity index (χ3v) is 4.71. The van der Waals surface area contributed by atoms with E-state index in [0.29, 0.717) is 28.6 Å². The van der Waals surface area contributed by atoms with Crippen LogP contribution in [0.5, 0.6) is 0 Å². The second-order valence-electron chi connectivity index (χ2n) is 6.38. The predicted octanol–water partition coefficient (Wildman–Crippen LogP) is 3.07. The van der Waals surface area contributed by atoms with Crippen LogP contribution in [0.4, 0.5) is 4.39 Å². The summed E-state index contributed by atoms with van der Waals surface area (Å²) in [4.78, 5) is 17.1. The lowest BCUT2D eigenvalue weighted by Gasteiger charge is -2.18. The van der Waals surface area contributed by atoms with E-state index in [2.05, 4.69) is 10.3 Å². The van der Waals surface area contributed by atoms with Gasteiger partial charge < -0.3 is 10.4 Å². The summed E-state index contributed by atoms with van der Waals surface area (Å²) in [6, 6.07) is 13.3. The topological polar surface area (TPSA) is 62.2 Å². The molecule has 25 heavy (non-hydrogen) atoms. The SMILES string of the molecule is Cc1nc2cc(F)ccc2cc1C(=O)N[C@H]1c2ccccc2C[C@H]1O. The third-order valence-electron chi connectivity index (χ3n) is 4.71. The van der Waals surface area contributed by atoms with E-state index in [1.807, 2.05) is 24.3 Å². The largest absolute Gasteiger partial charge is 0.390 e. The van der Waals surface area contributed by atoms with Crippen molar-refractivity contribution in [2.24, 2.45) is 0 Å². The number of aliphatic hydroxyl groups is 1. The zero-order chi connectivity index (χ0) is 17.6. The van der Waals surface area contributed by atoms with E-state index in [0.717, 1.165) is 11.1 Å². The fourth-order valence-corrected chi connectivity index (χ4v) is 3.43. The zero-order valence-corrected chi connectivity index (χ0v) is 13.7. The summed E-state index contributed by atoms with van der Waals surface area (Å²) in [7, 11) is 0. The Morgan fingerprint density at radius 2 is 2.04 bits per heavy atom. The molecule has 2 aromatic carbocycles. The number of aliphatic hydroxyl groups excluding tert-OH is 1. The Hall–Kier alpha value is -2.79. The van der Waals surface area contributed by atoms with Gasteiger partial charge in [-0.25, -0.2) is 4.39 Å². The fourth-order valence-electron chi connectivity index (χ4n) is 3.43. The first-order valence-electron chi connectivity index (χ1n) is 8.16. The van der Waals surface area contributed by atoms with Crippen molar-refractivity contribution in [1.29, 1.82) is 0 Å². The van der Waals surface area contributed by atoms with E-state index in [9.17, 15) is 14.3 Å². The number of aryl methyl sites for hydroxylation is 1. The third kappa shape index (κ3) is 2.76. The summed E-state index contributed by atoms with van der Waals surface area (Å²) in [5, 5.41) is 13.9. The molecule has 0 spiro atoms. The molecule has 126 valence electrons. The first kappa shape index (κ1) is 15.7. The van der Waals surface area contributed by atoms with E-state index in [4.69, 9.17) is 0 Å². The molecule has 3 aromatic rings. The van der Waals surface area contributed by atoms with Gasteiger partial charge in [-0.05, 0) is 36.2 Å². The maximum absolute atomic E-state index is 13.3. The normalized spacial score (nSPS) is 19.0. The first-order valence-corrected chi connectivity index (χ1v) is 8.16. The highest BCUT2D eigenvalue weighted by molar-refractivity contribution is 5.99. The van der Waals surface area contributed by atoms with E-state index in [1.165, 1.54) is 12.1 Å². The van der Waals surface area contributed by atoms with Crippen LogP contribution >= 0.6 is 0 Å². The number of carbonyl (C=O) groups excluding carboxylic acids is 1. The molecule has 1 aliphatic carbocycles. The summed E-state index contributed by atoms with van der Waals surface area (Å²) in [5.74, 6) is -0.653. The van der Waals surface area contributed by atoms with Crippen LogP contribution < -0.4 is 5.32 Å². The summed E-state index contributed by atoms with van der Waals surface area (Å²) in [5.41, 5.74) is 3.45. The number of amides is 1. The highest BCUT2D eigenvalue weighted by atomic mass is 19.1. The minimum Gasteiger partial charge on any atom is -0.390 e. The van der Waals surface area contributed by atoms with Gasteiger partial charge in [-0.1, -0.05) is 24.3 Å². The highest BCUT2D eigenvalue weighted by Gasteiger charge is 2.32. The van der Waals surface area contributed by atoms with Gasteiger partial charge in [0.2, 0.25) is 0 Å². The number of nitrogens with one attached hydrogen (secondary N) is 1. The number of benzene rings is 2. The number of fused-ring (bicyclic) bond motifs is 2. The van der Waals surface area contributed by atoms with E-state index in [1.54, 1.807) is 19.1 Å². The number of hydrogen-bond donors (Lipinski definition) is 2. The molecule has 0 unspecified atom stereocenters. The number of hydrogen-bond acceptors (Lipinski definition) is 3. The number of halogens is 1. The molecule has 1 heterocycles. The summed E-state index contributed by atoms with van der Waals surface area (Å²) >= 11 is 0. The molecular weight excluding hydrogens is 319 g/mol. The maximum atomic E-state index is 13.3. The van der Waals surface area contributed by atoms with Crippen LogP contribution in [0.2, 0.25) is 0 Å². The lowest BCUT2D eigenvalue weighted by molar-refractivity contribution is 0.0857. The maximum Gasteiger partial charge on any atom is 0.253 e. The second kappa shape index (κ2) is 5.93. The molecule has 4 rings (SSSR count). The predicted molar refractivity (Wildman–Crippen MR) is 92.8 cm³/mol. The van der Waals surface area contributed by atoms with Crippen LogP contribution in [-0.4, -0.2) is 22.1 Å². The number of aromatic nitrogens is 1. The van der Waals surface area contributed by atoms with Crippen LogP contribution in [0.15, 0.2) is 48.5 Å². The Bertz CT molecular complexity index is 987. The van der Waals surface area contributed by atoms with E-state index in [-0.39, 0.29) is 11.7 Å². The molecule has 4 nitrogen and oxygen atoms in total. The molecule has 0 saturated carbocycles. The van der Waals surface area contributed by atoms with E-state index >= 15 is 0 Å². The van der Waals surface area contributed by atoms with Crippen molar-refractivity contribution in [3.63, 3.8) is 0 Å². The molecule has 1 aliphatic rings. The summed E-state index contributed by atoms with van der Waals surface area (Å²) < 4.78 is 13.3.